The Labute approximate surface area is 278 Å². The Kier molecular flexibility index (Phi) is 9.47. The molecule has 0 spiro atoms. The minimum absolute atomic E-state index is 0.0933. The van der Waals surface area contributed by atoms with E-state index in [9.17, 15) is 29.9 Å². The first-order valence-corrected chi connectivity index (χ1v) is 16.2. The largest absolute Gasteiger partial charge is 0.395 e. The molecule has 1 fully saturated rings. The van der Waals surface area contributed by atoms with E-state index in [-0.39, 0.29) is 36.2 Å². The molecule has 1 unspecified atom stereocenters. The fraction of sp³-hybridized carbons (Fsp3) is 0.333. The van der Waals surface area contributed by atoms with Gasteiger partial charge >= 0.3 is 0 Å². The summed E-state index contributed by atoms with van der Waals surface area (Å²) in [6.07, 6.45) is 8.27. The number of carbonyl (C=O) groups is 2. The van der Waals surface area contributed by atoms with Gasteiger partial charge in [-0.3, -0.25) is 24.4 Å². The zero-order valence-electron chi connectivity index (χ0n) is 26.7. The molecule has 248 valence electrons. The third-order valence-electron chi connectivity index (χ3n) is 9.28. The number of nitro benzene ring substituents is 1. The number of anilines is 2. The first-order chi connectivity index (χ1) is 23.2. The number of aryl methyl sites for hydroxylation is 1. The van der Waals surface area contributed by atoms with Crippen LogP contribution in [0.25, 0.3) is 0 Å². The smallest absolute Gasteiger partial charge is 0.269 e. The monoisotopic (exact) mass is 650 g/mol. The summed E-state index contributed by atoms with van der Waals surface area (Å²) >= 11 is 0. The van der Waals surface area contributed by atoms with Crippen LogP contribution in [-0.2, 0) is 28.3 Å². The number of nitro groups is 1. The number of allylic oxidation sites excluding steroid dienone is 1. The molecule has 0 bridgehead atoms. The number of hydrogen-bond acceptors (Lipinski definition) is 8. The van der Waals surface area contributed by atoms with Gasteiger partial charge in [-0.1, -0.05) is 66.8 Å². The normalized spacial score (nSPS) is 19.1. The number of fused-ring (bicyclic) bond motifs is 1. The number of amides is 2. The van der Waals surface area contributed by atoms with E-state index in [1.165, 1.54) is 23.1 Å². The van der Waals surface area contributed by atoms with E-state index < -0.39 is 22.3 Å². The summed E-state index contributed by atoms with van der Waals surface area (Å²) < 4.78 is 1.68. The molecule has 3 heterocycles. The predicted molar refractivity (Wildman–Crippen MR) is 179 cm³/mol. The van der Waals surface area contributed by atoms with Gasteiger partial charge in [0, 0.05) is 55.0 Å². The summed E-state index contributed by atoms with van der Waals surface area (Å²) in [6.45, 7) is 2.90. The van der Waals surface area contributed by atoms with Gasteiger partial charge in [-0.05, 0) is 48.6 Å². The van der Waals surface area contributed by atoms with Gasteiger partial charge < -0.3 is 20.0 Å². The average molecular weight is 651 g/mol. The van der Waals surface area contributed by atoms with Crippen LogP contribution in [0.4, 0.5) is 17.1 Å². The molecule has 1 aromatic heterocycles. The molecule has 2 aliphatic heterocycles. The van der Waals surface area contributed by atoms with Crippen LogP contribution in [0.3, 0.4) is 0 Å². The third kappa shape index (κ3) is 6.36. The van der Waals surface area contributed by atoms with E-state index in [0.717, 1.165) is 29.7 Å². The number of aromatic nitrogens is 3. The molecular weight excluding hydrogens is 612 g/mol. The number of carbonyl (C=O) groups excluding carboxylic acids is 2. The fourth-order valence-corrected chi connectivity index (χ4v) is 6.53. The molecule has 2 N–H and O–H groups in total. The Balaban J connectivity index is 1.17. The average Bonchev–Trinajstić information content (AvgIpc) is 3.65. The fourth-order valence-electron chi connectivity index (χ4n) is 6.53. The number of aliphatic hydroxyl groups is 2. The first-order valence-electron chi connectivity index (χ1n) is 16.2. The van der Waals surface area contributed by atoms with Gasteiger partial charge in [0.15, 0.2) is 5.60 Å². The molecule has 0 aliphatic carbocycles. The van der Waals surface area contributed by atoms with Crippen LogP contribution < -0.4 is 9.80 Å². The van der Waals surface area contributed by atoms with Crippen LogP contribution in [0.2, 0.25) is 0 Å². The van der Waals surface area contributed by atoms with Crippen molar-refractivity contribution in [1.82, 2.24) is 15.0 Å². The lowest BCUT2D eigenvalue weighted by molar-refractivity contribution is -0.385. The molecule has 1 saturated heterocycles. The topological polar surface area (TPSA) is 155 Å². The van der Waals surface area contributed by atoms with Crippen LogP contribution in [-0.4, -0.2) is 55.1 Å². The molecule has 0 radical (unpaired) electrons. The Morgan fingerprint density at radius 3 is 2.54 bits per heavy atom. The highest BCUT2D eigenvalue weighted by Gasteiger charge is 2.53. The lowest BCUT2D eigenvalue weighted by Crippen LogP contribution is -2.44. The first kappa shape index (κ1) is 32.7. The summed E-state index contributed by atoms with van der Waals surface area (Å²) in [6, 6.07) is 21.1. The molecule has 48 heavy (non-hydrogen) atoms. The SMILES string of the molecule is C[C@H](/C=C/CCn1cc(C(CO)c2ccccc2)nn1)[C@@]1(O)C(=O)N(Cc2ccc(N3CCCCC3=O)cc2)c2ccc([N+](=O)[O-])cc21. The van der Waals surface area contributed by atoms with E-state index >= 15 is 0 Å². The molecule has 12 nitrogen and oxygen atoms in total. The van der Waals surface area contributed by atoms with Crippen molar-refractivity contribution in [3.8, 4) is 0 Å². The molecule has 2 aliphatic rings. The van der Waals surface area contributed by atoms with E-state index in [1.54, 1.807) is 28.8 Å². The van der Waals surface area contributed by atoms with Crippen LogP contribution in [0.15, 0.2) is 91.1 Å². The van der Waals surface area contributed by atoms with Gasteiger partial charge in [0.25, 0.3) is 11.6 Å². The number of piperidine rings is 1. The maximum atomic E-state index is 14.0. The third-order valence-corrected chi connectivity index (χ3v) is 9.28. The summed E-state index contributed by atoms with van der Waals surface area (Å²) in [5.74, 6) is -1.48. The number of nitrogens with zero attached hydrogens (tertiary/aromatic N) is 6. The Morgan fingerprint density at radius 2 is 1.83 bits per heavy atom. The maximum absolute atomic E-state index is 14.0. The summed E-state index contributed by atoms with van der Waals surface area (Å²) in [5.41, 5.74) is 1.54. The highest BCUT2D eigenvalue weighted by atomic mass is 16.6. The van der Waals surface area contributed by atoms with E-state index in [4.69, 9.17) is 0 Å². The Bertz CT molecular complexity index is 1820. The predicted octanol–water partition coefficient (Wildman–Crippen LogP) is 4.84. The number of hydrogen-bond donors (Lipinski definition) is 2. The van der Waals surface area contributed by atoms with Gasteiger partial charge in [0.2, 0.25) is 5.91 Å². The van der Waals surface area contributed by atoms with Crippen molar-refractivity contribution in [2.45, 2.75) is 57.2 Å². The van der Waals surface area contributed by atoms with Crippen molar-refractivity contribution in [3.05, 3.63) is 124 Å². The standard InChI is InChI=1S/C36H38N6O6/c1-25(9-5-7-19-39-23-32(37-38-39)30(24-43)27-10-3-2-4-11-27)36(46)31-21-29(42(47)48)17-18-33(31)41(35(36)45)22-26-13-15-28(16-14-26)40-20-8-6-12-34(40)44/h2-5,9-11,13-18,21,23,25,30,43,46H,6-8,12,19-20,22,24H2,1H3/b9-5+/t25-,30?,36+/m1/s1. The Morgan fingerprint density at radius 1 is 1.06 bits per heavy atom. The van der Waals surface area contributed by atoms with Crippen molar-refractivity contribution < 1.29 is 24.7 Å². The molecule has 3 atom stereocenters. The number of aliphatic hydroxyl groups excluding tert-OH is 1. The zero-order valence-corrected chi connectivity index (χ0v) is 26.7. The van der Waals surface area contributed by atoms with Gasteiger partial charge in [-0.25, -0.2) is 0 Å². The summed E-state index contributed by atoms with van der Waals surface area (Å²) in [7, 11) is 0. The van der Waals surface area contributed by atoms with E-state index in [1.807, 2.05) is 60.7 Å². The van der Waals surface area contributed by atoms with Gasteiger partial charge in [-0.15, -0.1) is 5.10 Å². The van der Waals surface area contributed by atoms with Gasteiger partial charge in [0.05, 0.1) is 35.4 Å². The van der Waals surface area contributed by atoms with Crippen molar-refractivity contribution >= 4 is 28.9 Å². The van der Waals surface area contributed by atoms with E-state index in [2.05, 4.69) is 10.3 Å². The van der Waals surface area contributed by atoms with Crippen molar-refractivity contribution in [1.29, 1.82) is 0 Å². The summed E-state index contributed by atoms with van der Waals surface area (Å²) in [5, 5.41) is 42.1. The highest BCUT2D eigenvalue weighted by Crippen LogP contribution is 2.47. The quantitative estimate of drug-likeness (QED) is 0.125. The lowest BCUT2D eigenvalue weighted by Gasteiger charge is -2.28. The van der Waals surface area contributed by atoms with Crippen LogP contribution in [0.5, 0.6) is 0 Å². The molecule has 3 aromatic carbocycles. The lowest BCUT2D eigenvalue weighted by atomic mass is 9.82. The minimum atomic E-state index is -2.03. The molecule has 4 aromatic rings. The van der Waals surface area contributed by atoms with Crippen molar-refractivity contribution in [2.75, 3.05) is 23.0 Å². The second-order valence-corrected chi connectivity index (χ2v) is 12.3. The van der Waals surface area contributed by atoms with Crippen LogP contribution in [0.1, 0.15) is 60.9 Å². The molecule has 6 rings (SSSR count). The van der Waals surface area contributed by atoms with E-state index in [0.29, 0.717) is 37.3 Å². The molecular formula is C36H38N6O6. The number of non-ortho nitro benzene ring substituents is 1. The Hall–Kier alpha value is -5.20. The van der Waals surface area contributed by atoms with Crippen molar-refractivity contribution in [3.63, 3.8) is 0 Å². The van der Waals surface area contributed by atoms with Crippen LogP contribution in [0, 0.1) is 16.0 Å². The van der Waals surface area contributed by atoms with Gasteiger partial charge in [-0.2, -0.15) is 0 Å². The minimum Gasteiger partial charge on any atom is -0.395 e. The van der Waals surface area contributed by atoms with Crippen LogP contribution >= 0.6 is 0 Å². The second-order valence-electron chi connectivity index (χ2n) is 12.3. The second kappa shape index (κ2) is 13.9. The molecule has 2 amide bonds. The number of benzene rings is 3. The maximum Gasteiger partial charge on any atom is 0.269 e. The molecule has 12 heteroatoms. The van der Waals surface area contributed by atoms with Gasteiger partial charge in [0.1, 0.15) is 0 Å². The summed E-state index contributed by atoms with van der Waals surface area (Å²) in [4.78, 5) is 40.8. The zero-order chi connectivity index (χ0) is 33.8. The molecule has 0 saturated carbocycles. The van der Waals surface area contributed by atoms with Crippen molar-refractivity contribution in [2.24, 2.45) is 5.92 Å². The number of rotatable bonds is 12. The highest BCUT2D eigenvalue weighted by molar-refractivity contribution is 6.07.